The molecule has 0 aliphatic rings. The second-order valence-electron chi connectivity index (χ2n) is 4.95. The number of rotatable bonds is 3. The van der Waals surface area contributed by atoms with Gasteiger partial charge in [-0.25, -0.2) is 0 Å². The van der Waals surface area contributed by atoms with Crippen molar-refractivity contribution in [1.82, 2.24) is 5.32 Å². The fourth-order valence-corrected chi connectivity index (χ4v) is 1.35. The van der Waals surface area contributed by atoms with Crippen molar-refractivity contribution in [3.8, 4) is 0 Å². The molecule has 0 fully saturated rings. The highest BCUT2D eigenvalue weighted by Gasteiger charge is 2.17. The van der Waals surface area contributed by atoms with Gasteiger partial charge in [0.15, 0.2) is 0 Å². The van der Waals surface area contributed by atoms with Gasteiger partial charge >= 0.3 is 0 Å². The predicted molar refractivity (Wildman–Crippen MR) is 73.4 cm³/mol. The van der Waals surface area contributed by atoms with Gasteiger partial charge in [-0.15, -0.1) is 0 Å². The largest absolute Gasteiger partial charge is 0.345 e. The van der Waals surface area contributed by atoms with Gasteiger partial charge in [0.05, 0.1) is 0 Å². The molecule has 0 aliphatic heterocycles. The first-order valence-corrected chi connectivity index (χ1v) is 5.96. The van der Waals surface area contributed by atoms with Crippen molar-refractivity contribution in [2.24, 2.45) is 0 Å². The number of amides is 1. The Balaban J connectivity index is 2.64. The standard InChI is InChI=1S/C14H16ClNO2/c1-14(2,3)16-13(18)12(17)9-6-10-4-7-11(15)8-5-10/h4-9H,1-3H3,(H,16,18)/b9-6+. The summed E-state index contributed by atoms with van der Waals surface area (Å²) in [6, 6.07) is 6.99. The summed E-state index contributed by atoms with van der Waals surface area (Å²) < 4.78 is 0. The van der Waals surface area contributed by atoms with Gasteiger partial charge in [0.25, 0.3) is 5.91 Å². The second kappa shape index (κ2) is 5.83. The van der Waals surface area contributed by atoms with Crippen LogP contribution in [0.5, 0.6) is 0 Å². The van der Waals surface area contributed by atoms with Crippen LogP contribution in [0.3, 0.4) is 0 Å². The summed E-state index contributed by atoms with van der Waals surface area (Å²) >= 11 is 5.74. The van der Waals surface area contributed by atoms with E-state index in [-0.39, 0.29) is 0 Å². The second-order valence-corrected chi connectivity index (χ2v) is 5.39. The summed E-state index contributed by atoms with van der Waals surface area (Å²) in [6.07, 6.45) is 2.84. The van der Waals surface area contributed by atoms with Crippen LogP contribution < -0.4 is 5.32 Å². The Morgan fingerprint density at radius 1 is 1.17 bits per heavy atom. The van der Waals surface area contributed by atoms with E-state index in [0.717, 1.165) is 5.56 Å². The smallest absolute Gasteiger partial charge is 0.292 e. The van der Waals surface area contributed by atoms with Crippen molar-refractivity contribution < 1.29 is 9.59 Å². The van der Waals surface area contributed by atoms with Gasteiger partial charge in [-0.3, -0.25) is 9.59 Å². The van der Waals surface area contributed by atoms with E-state index < -0.39 is 17.2 Å². The lowest BCUT2D eigenvalue weighted by molar-refractivity contribution is -0.136. The van der Waals surface area contributed by atoms with E-state index >= 15 is 0 Å². The zero-order valence-electron chi connectivity index (χ0n) is 10.7. The zero-order valence-corrected chi connectivity index (χ0v) is 11.4. The van der Waals surface area contributed by atoms with Crippen LogP contribution in [0, 0.1) is 0 Å². The van der Waals surface area contributed by atoms with Gasteiger partial charge in [0.2, 0.25) is 5.78 Å². The number of hydrogen-bond acceptors (Lipinski definition) is 2. The minimum atomic E-state index is -0.604. The molecule has 0 unspecified atom stereocenters. The molecule has 1 amide bonds. The molecule has 96 valence electrons. The first kappa shape index (κ1) is 14.5. The minimum absolute atomic E-state index is 0.416. The monoisotopic (exact) mass is 265 g/mol. The number of benzene rings is 1. The van der Waals surface area contributed by atoms with E-state index in [2.05, 4.69) is 5.32 Å². The van der Waals surface area contributed by atoms with Gasteiger partial charge < -0.3 is 5.32 Å². The van der Waals surface area contributed by atoms with Crippen molar-refractivity contribution in [2.45, 2.75) is 26.3 Å². The number of hydrogen-bond donors (Lipinski definition) is 1. The molecule has 0 saturated heterocycles. The topological polar surface area (TPSA) is 46.2 Å². The Labute approximate surface area is 112 Å². The fourth-order valence-electron chi connectivity index (χ4n) is 1.22. The molecule has 3 nitrogen and oxygen atoms in total. The summed E-state index contributed by atoms with van der Waals surface area (Å²) in [6.45, 7) is 5.46. The highest BCUT2D eigenvalue weighted by molar-refractivity contribution is 6.41. The number of nitrogens with one attached hydrogen (secondary N) is 1. The first-order valence-electron chi connectivity index (χ1n) is 5.58. The third-order valence-corrected chi connectivity index (χ3v) is 2.26. The molecular formula is C14H16ClNO2. The summed E-state index contributed by atoms with van der Waals surface area (Å²) in [5, 5.41) is 3.23. The van der Waals surface area contributed by atoms with E-state index in [9.17, 15) is 9.59 Å². The van der Waals surface area contributed by atoms with E-state index in [1.54, 1.807) is 30.3 Å². The first-order chi connectivity index (χ1) is 8.28. The maximum atomic E-state index is 11.5. The van der Waals surface area contributed by atoms with Gasteiger partial charge in [0.1, 0.15) is 0 Å². The van der Waals surface area contributed by atoms with Crippen LogP contribution in [0.2, 0.25) is 5.02 Å². The van der Waals surface area contributed by atoms with Crippen LogP contribution in [0.4, 0.5) is 0 Å². The third-order valence-electron chi connectivity index (χ3n) is 2.01. The van der Waals surface area contributed by atoms with Crippen molar-refractivity contribution in [3.05, 3.63) is 40.9 Å². The Morgan fingerprint density at radius 3 is 2.22 bits per heavy atom. The fraction of sp³-hybridized carbons (Fsp3) is 0.286. The molecule has 0 bridgehead atoms. The lowest BCUT2D eigenvalue weighted by atomic mass is 10.1. The molecule has 0 spiro atoms. The Bertz CT molecular complexity index is 470. The molecule has 0 aliphatic carbocycles. The third kappa shape index (κ3) is 5.15. The molecule has 18 heavy (non-hydrogen) atoms. The van der Waals surface area contributed by atoms with Crippen molar-refractivity contribution in [1.29, 1.82) is 0 Å². The maximum Gasteiger partial charge on any atom is 0.292 e. The predicted octanol–water partition coefficient (Wildman–Crippen LogP) is 2.84. The lowest BCUT2D eigenvalue weighted by Gasteiger charge is -2.19. The van der Waals surface area contributed by atoms with Crippen molar-refractivity contribution in [2.75, 3.05) is 0 Å². The highest BCUT2D eigenvalue weighted by Crippen LogP contribution is 2.10. The summed E-state index contributed by atoms with van der Waals surface area (Å²) in [7, 11) is 0. The molecule has 0 saturated carbocycles. The van der Waals surface area contributed by atoms with E-state index in [1.165, 1.54) is 6.08 Å². The summed E-state index contributed by atoms with van der Waals surface area (Å²) in [5.41, 5.74) is 0.400. The molecule has 0 radical (unpaired) electrons. The summed E-state index contributed by atoms with van der Waals surface area (Å²) in [4.78, 5) is 23.0. The van der Waals surface area contributed by atoms with E-state index in [1.807, 2.05) is 20.8 Å². The number of halogens is 1. The average molecular weight is 266 g/mol. The molecule has 1 aromatic rings. The number of ketones is 1. The van der Waals surface area contributed by atoms with E-state index in [4.69, 9.17) is 11.6 Å². The SMILES string of the molecule is CC(C)(C)NC(=O)C(=O)/C=C/c1ccc(Cl)cc1. The molecule has 1 N–H and O–H groups in total. The van der Waals surface area contributed by atoms with Crippen LogP contribution in [-0.2, 0) is 9.59 Å². The lowest BCUT2D eigenvalue weighted by Crippen LogP contribution is -2.43. The van der Waals surface area contributed by atoms with Gasteiger partial charge in [0, 0.05) is 10.6 Å². The van der Waals surface area contributed by atoms with Crippen LogP contribution in [0.25, 0.3) is 6.08 Å². The highest BCUT2D eigenvalue weighted by atomic mass is 35.5. The van der Waals surface area contributed by atoms with Gasteiger partial charge in [-0.05, 0) is 44.5 Å². The van der Waals surface area contributed by atoms with Crippen LogP contribution in [0.15, 0.2) is 30.3 Å². The normalized spacial score (nSPS) is 11.6. The molecule has 0 heterocycles. The van der Waals surface area contributed by atoms with Crippen LogP contribution >= 0.6 is 11.6 Å². The Morgan fingerprint density at radius 2 is 1.72 bits per heavy atom. The van der Waals surface area contributed by atoms with Crippen molar-refractivity contribution in [3.63, 3.8) is 0 Å². The quantitative estimate of drug-likeness (QED) is 0.675. The number of carbonyl (C=O) groups excluding carboxylic acids is 2. The molecular weight excluding hydrogens is 250 g/mol. The summed E-state index contributed by atoms with van der Waals surface area (Å²) in [5.74, 6) is -1.17. The Kier molecular flexibility index (Phi) is 4.68. The van der Waals surface area contributed by atoms with Crippen molar-refractivity contribution >= 4 is 29.4 Å². The number of carbonyl (C=O) groups is 2. The minimum Gasteiger partial charge on any atom is -0.345 e. The maximum absolute atomic E-state index is 11.5. The zero-order chi connectivity index (χ0) is 13.8. The van der Waals surface area contributed by atoms with Gasteiger partial charge in [-0.1, -0.05) is 29.8 Å². The van der Waals surface area contributed by atoms with Gasteiger partial charge in [-0.2, -0.15) is 0 Å². The van der Waals surface area contributed by atoms with Crippen LogP contribution in [0.1, 0.15) is 26.3 Å². The van der Waals surface area contributed by atoms with Crippen LogP contribution in [-0.4, -0.2) is 17.2 Å². The molecule has 0 atom stereocenters. The van der Waals surface area contributed by atoms with E-state index in [0.29, 0.717) is 5.02 Å². The molecule has 1 aromatic carbocycles. The molecule has 0 aromatic heterocycles. The molecule has 1 rings (SSSR count). The molecule has 4 heteroatoms. The average Bonchev–Trinajstić information content (AvgIpc) is 2.25. The Hall–Kier alpha value is -1.61.